The van der Waals surface area contributed by atoms with Crippen LogP contribution in [0.4, 0.5) is 0 Å². The molecule has 0 aliphatic carbocycles. The normalized spacial score (nSPS) is 23.4. The van der Waals surface area contributed by atoms with Gasteiger partial charge in [-0.1, -0.05) is 39.0 Å². The average molecular weight is 344 g/mol. The van der Waals surface area contributed by atoms with Crippen LogP contribution in [0.1, 0.15) is 39.2 Å². The lowest BCUT2D eigenvalue weighted by Gasteiger charge is -2.36. The van der Waals surface area contributed by atoms with Gasteiger partial charge in [-0.2, -0.15) is 0 Å². The number of rotatable bonds is 2. The molecule has 2 atom stereocenters. The van der Waals surface area contributed by atoms with Crippen molar-refractivity contribution >= 4 is 11.8 Å². The van der Waals surface area contributed by atoms with Crippen LogP contribution in [0, 0.1) is 11.3 Å². The van der Waals surface area contributed by atoms with Gasteiger partial charge in [-0.3, -0.25) is 9.59 Å². The molecule has 5 nitrogen and oxygen atoms in total. The van der Waals surface area contributed by atoms with Crippen LogP contribution in [-0.4, -0.2) is 42.5 Å². The highest BCUT2D eigenvalue weighted by atomic mass is 16.5. The maximum absolute atomic E-state index is 12.7. The minimum Gasteiger partial charge on any atom is -0.491 e. The topological polar surface area (TPSA) is 58.6 Å². The fourth-order valence-electron chi connectivity index (χ4n) is 3.59. The Morgan fingerprint density at radius 3 is 2.76 bits per heavy atom. The minimum atomic E-state index is -0.403. The molecule has 1 aromatic rings. The molecule has 2 heterocycles. The van der Waals surface area contributed by atoms with Gasteiger partial charge < -0.3 is 15.0 Å². The third kappa shape index (κ3) is 4.14. The first-order valence-electron chi connectivity index (χ1n) is 9.15. The number of hydrogen-bond donors (Lipinski definition) is 1. The number of nitrogens with zero attached hydrogens (tertiary/aromatic N) is 1. The van der Waals surface area contributed by atoms with E-state index in [4.69, 9.17) is 4.74 Å². The number of carbonyl (C=O) groups excluding carboxylic acids is 2. The van der Waals surface area contributed by atoms with Gasteiger partial charge in [-0.25, -0.2) is 0 Å². The lowest BCUT2D eigenvalue weighted by Crippen LogP contribution is -2.51. The van der Waals surface area contributed by atoms with Crippen LogP contribution in [0.15, 0.2) is 24.3 Å². The van der Waals surface area contributed by atoms with Gasteiger partial charge in [0.15, 0.2) is 0 Å². The summed E-state index contributed by atoms with van der Waals surface area (Å²) in [5.74, 6) is 0.948. The van der Waals surface area contributed by atoms with E-state index in [1.165, 1.54) is 0 Å². The molecule has 3 rings (SSSR count). The maximum atomic E-state index is 12.7. The Hall–Kier alpha value is -2.04. The van der Waals surface area contributed by atoms with E-state index in [2.05, 4.69) is 5.32 Å². The van der Waals surface area contributed by atoms with Crippen LogP contribution in [0.3, 0.4) is 0 Å². The first-order chi connectivity index (χ1) is 11.8. The van der Waals surface area contributed by atoms with Gasteiger partial charge in [-0.15, -0.1) is 0 Å². The second-order valence-corrected chi connectivity index (χ2v) is 8.17. The Labute approximate surface area is 149 Å². The monoisotopic (exact) mass is 344 g/mol. The molecule has 1 saturated heterocycles. The summed E-state index contributed by atoms with van der Waals surface area (Å²) < 4.78 is 5.75. The highest BCUT2D eigenvalue weighted by Gasteiger charge is 2.34. The molecule has 1 aromatic carbocycles. The number of ether oxygens (including phenoxy) is 1. The highest BCUT2D eigenvalue weighted by molar-refractivity contribution is 5.84. The number of para-hydroxylation sites is 1. The molecule has 2 unspecified atom stereocenters. The summed E-state index contributed by atoms with van der Waals surface area (Å²) in [5, 5.41) is 3.13. The number of benzene rings is 1. The van der Waals surface area contributed by atoms with E-state index in [1.807, 2.05) is 49.9 Å². The van der Waals surface area contributed by atoms with E-state index in [1.54, 1.807) is 0 Å². The lowest BCUT2D eigenvalue weighted by molar-refractivity contribution is -0.143. The number of piperidine rings is 1. The Bertz CT molecular complexity index is 651. The summed E-state index contributed by atoms with van der Waals surface area (Å²) in [6.07, 6.45) is 2.51. The molecule has 0 aromatic heterocycles. The van der Waals surface area contributed by atoms with E-state index in [0.29, 0.717) is 13.2 Å². The van der Waals surface area contributed by atoms with Gasteiger partial charge in [0.1, 0.15) is 12.4 Å². The minimum absolute atomic E-state index is 0.00362. The first-order valence-corrected chi connectivity index (χ1v) is 9.15. The number of fused-ring (bicyclic) bond motifs is 1. The van der Waals surface area contributed by atoms with Crippen molar-refractivity contribution in [3.05, 3.63) is 29.8 Å². The Kier molecular flexibility index (Phi) is 5.02. The maximum Gasteiger partial charge on any atom is 0.227 e. The Morgan fingerprint density at radius 1 is 1.24 bits per heavy atom. The number of carbonyl (C=O) groups is 2. The van der Waals surface area contributed by atoms with E-state index in [9.17, 15) is 9.59 Å². The van der Waals surface area contributed by atoms with Gasteiger partial charge >= 0.3 is 0 Å². The summed E-state index contributed by atoms with van der Waals surface area (Å²) in [5.41, 5.74) is 0.728. The molecule has 2 amide bonds. The van der Waals surface area contributed by atoms with E-state index in [-0.39, 0.29) is 23.8 Å². The van der Waals surface area contributed by atoms with Crippen molar-refractivity contribution in [2.45, 2.75) is 46.1 Å². The summed E-state index contributed by atoms with van der Waals surface area (Å²) in [6, 6.07) is 7.95. The van der Waals surface area contributed by atoms with Crippen LogP contribution in [0.5, 0.6) is 5.75 Å². The molecule has 5 heteroatoms. The molecule has 136 valence electrons. The lowest BCUT2D eigenvalue weighted by atomic mass is 9.90. The zero-order chi connectivity index (χ0) is 18.0. The van der Waals surface area contributed by atoms with Gasteiger partial charge in [0, 0.05) is 18.5 Å². The largest absolute Gasteiger partial charge is 0.491 e. The predicted octanol–water partition coefficient (Wildman–Crippen LogP) is 2.39. The first kappa shape index (κ1) is 17.8. The summed E-state index contributed by atoms with van der Waals surface area (Å²) in [4.78, 5) is 27.0. The Morgan fingerprint density at radius 2 is 2.00 bits per heavy atom. The van der Waals surface area contributed by atoms with Gasteiger partial charge in [0.05, 0.1) is 12.0 Å². The second kappa shape index (κ2) is 7.06. The zero-order valence-corrected chi connectivity index (χ0v) is 15.4. The molecule has 0 spiro atoms. The number of nitrogens with one attached hydrogen (secondary N) is 1. The van der Waals surface area contributed by atoms with Crippen molar-refractivity contribution in [1.82, 2.24) is 10.2 Å². The Balaban J connectivity index is 1.57. The third-order valence-electron chi connectivity index (χ3n) is 4.95. The molecule has 1 fully saturated rings. The number of likely N-dealkylation sites (tertiary alicyclic amines) is 1. The fourth-order valence-corrected chi connectivity index (χ4v) is 3.59. The summed E-state index contributed by atoms with van der Waals surface area (Å²) >= 11 is 0. The molecule has 2 aliphatic heterocycles. The number of amides is 2. The number of hydrogen-bond acceptors (Lipinski definition) is 3. The van der Waals surface area contributed by atoms with Crippen LogP contribution < -0.4 is 10.1 Å². The molecule has 0 radical (unpaired) electrons. The van der Waals surface area contributed by atoms with Gasteiger partial charge in [0.25, 0.3) is 0 Å². The zero-order valence-electron chi connectivity index (χ0n) is 15.4. The van der Waals surface area contributed by atoms with Crippen LogP contribution in [0.25, 0.3) is 0 Å². The molecular formula is C20H28N2O3. The summed E-state index contributed by atoms with van der Waals surface area (Å²) in [7, 11) is 0. The molecule has 0 saturated carbocycles. The quantitative estimate of drug-likeness (QED) is 0.896. The second-order valence-electron chi connectivity index (χ2n) is 8.17. The van der Waals surface area contributed by atoms with Gasteiger partial charge in [0.2, 0.25) is 11.8 Å². The molecular weight excluding hydrogens is 316 g/mol. The molecule has 25 heavy (non-hydrogen) atoms. The fraction of sp³-hybridized carbons (Fsp3) is 0.600. The van der Waals surface area contributed by atoms with Crippen molar-refractivity contribution in [2.75, 3.05) is 19.7 Å². The van der Waals surface area contributed by atoms with Crippen LogP contribution in [0.2, 0.25) is 0 Å². The van der Waals surface area contributed by atoms with Crippen molar-refractivity contribution in [3.63, 3.8) is 0 Å². The molecule has 2 aliphatic rings. The standard InChI is InChI=1S/C20H28N2O3/c1-20(2,3)19(24)22-10-6-8-15(12-22)18(23)21-16-11-14-7-4-5-9-17(14)25-13-16/h4-5,7,9,15-16H,6,8,10-13H2,1-3H3,(H,21,23). The van der Waals surface area contributed by atoms with E-state index < -0.39 is 5.41 Å². The average Bonchev–Trinajstić information content (AvgIpc) is 2.60. The van der Waals surface area contributed by atoms with Crippen molar-refractivity contribution in [2.24, 2.45) is 11.3 Å². The van der Waals surface area contributed by atoms with E-state index >= 15 is 0 Å². The third-order valence-corrected chi connectivity index (χ3v) is 4.95. The van der Waals surface area contributed by atoms with Crippen LogP contribution >= 0.6 is 0 Å². The SMILES string of the molecule is CC(C)(C)C(=O)N1CCCC(C(=O)NC2COc3ccccc3C2)C1. The van der Waals surface area contributed by atoms with E-state index in [0.717, 1.165) is 37.1 Å². The predicted molar refractivity (Wildman–Crippen MR) is 96.3 cm³/mol. The smallest absolute Gasteiger partial charge is 0.227 e. The molecule has 0 bridgehead atoms. The molecule has 1 N–H and O–H groups in total. The van der Waals surface area contributed by atoms with Gasteiger partial charge in [-0.05, 0) is 30.9 Å². The highest BCUT2D eigenvalue weighted by Crippen LogP contribution is 2.26. The van der Waals surface area contributed by atoms with Crippen molar-refractivity contribution < 1.29 is 14.3 Å². The summed E-state index contributed by atoms with van der Waals surface area (Å²) in [6.45, 7) is 7.55. The van der Waals surface area contributed by atoms with Crippen LogP contribution in [-0.2, 0) is 16.0 Å². The van der Waals surface area contributed by atoms with Crippen molar-refractivity contribution in [3.8, 4) is 5.75 Å². The van der Waals surface area contributed by atoms with Crippen molar-refractivity contribution in [1.29, 1.82) is 0 Å².